The minimum absolute atomic E-state index is 0.0457. The zero-order valence-corrected chi connectivity index (χ0v) is 9.59. The molecule has 0 radical (unpaired) electrons. The third kappa shape index (κ3) is 3.27. The molecule has 1 amide bonds. The molecule has 17 heavy (non-hydrogen) atoms. The molecule has 0 fully saturated rings. The molecule has 0 spiro atoms. The molecular weight excluding hydrogens is 242 g/mol. The Morgan fingerprint density at radius 3 is 2.18 bits per heavy atom. The van der Waals surface area contributed by atoms with Crippen LogP contribution in [0.25, 0.3) is 10.8 Å². The summed E-state index contributed by atoms with van der Waals surface area (Å²) in [5.74, 6) is 0. The third-order valence-electron chi connectivity index (χ3n) is 2.03. The lowest BCUT2D eigenvalue weighted by Gasteiger charge is -2.02. The Morgan fingerprint density at radius 2 is 1.59 bits per heavy atom. The van der Waals surface area contributed by atoms with Gasteiger partial charge >= 0.3 is 0 Å². The van der Waals surface area contributed by atoms with Gasteiger partial charge in [0, 0.05) is 5.39 Å². The van der Waals surface area contributed by atoms with E-state index in [1.165, 1.54) is 6.07 Å². The van der Waals surface area contributed by atoms with E-state index in [-0.39, 0.29) is 11.3 Å². The van der Waals surface area contributed by atoms with Crippen LogP contribution in [0.2, 0.25) is 0 Å². The molecule has 2 rings (SSSR count). The number of benzene rings is 2. The molecule has 6 heteroatoms. The van der Waals surface area contributed by atoms with E-state index in [2.05, 4.69) is 5.73 Å². The van der Waals surface area contributed by atoms with Crippen molar-refractivity contribution in [1.29, 1.82) is 0 Å². The third-order valence-corrected chi connectivity index (χ3v) is 2.94. The van der Waals surface area contributed by atoms with Crippen molar-refractivity contribution in [3.05, 3.63) is 42.5 Å². The molecule has 0 aliphatic rings. The van der Waals surface area contributed by atoms with E-state index in [1.807, 2.05) is 6.07 Å². The summed E-state index contributed by atoms with van der Waals surface area (Å²) in [6.45, 7) is 0. The van der Waals surface area contributed by atoms with Gasteiger partial charge in [-0.15, -0.1) is 0 Å². The Hall–Kier alpha value is -1.92. The smallest absolute Gasteiger partial charge is 0.295 e. The van der Waals surface area contributed by atoms with Crippen molar-refractivity contribution in [3.63, 3.8) is 0 Å². The Balaban J connectivity index is 0.000000437. The van der Waals surface area contributed by atoms with Gasteiger partial charge in [0.05, 0.1) is 0 Å². The first-order chi connectivity index (χ1) is 8.00. The lowest BCUT2D eigenvalue weighted by atomic mass is 10.1. The van der Waals surface area contributed by atoms with Gasteiger partial charge in [-0.05, 0) is 11.5 Å². The first kappa shape index (κ1) is 13.1. The van der Waals surface area contributed by atoms with Crippen molar-refractivity contribution in [2.75, 3.05) is 0 Å². The fourth-order valence-corrected chi connectivity index (χ4v) is 2.13. The van der Waals surface area contributed by atoms with E-state index in [4.69, 9.17) is 9.35 Å². The number of carbonyl (C=O) groups excluding carboxylic acids is 1. The Kier molecular flexibility index (Phi) is 4.19. The van der Waals surface area contributed by atoms with Gasteiger partial charge in [-0.2, -0.15) is 8.42 Å². The number of amides is 1. The number of carbonyl (C=O) groups is 1. The van der Waals surface area contributed by atoms with Crippen LogP contribution in [0.4, 0.5) is 0 Å². The van der Waals surface area contributed by atoms with Crippen LogP contribution in [0.5, 0.6) is 0 Å². The fraction of sp³-hybridized carbons (Fsp3) is 0. The second kappa shape index (κ2) is 5.42. The summed E-state index contributed by atoms with van der Waals surface area (Å²) in [5, 5.41) is 1.33. The maximum atomic E-state index is 11.0. The van der Waals surface area contributed by atoms with Gasteiger partial charge in [-0.1, -0.05) is 36.4 Å². The summed E-state index contributed by atoms with van der Waals surface area (Å²) in [7, 11) is -4.13. The van der Waals surface area contributed by atoms with E-state index < -0.39 is 10.1 Å². The summed E-state index contributed by atoms with van der Waals surface area (Å²) >= 11 is 0. The van der Waals surface area contributed by atoms with Crippen molar-refractivity contribution in [2.45, 2.75) is 4.90 Å². The van der Waals surface area contributed by atoms with Crippen molar-refractivity contribution in [2.24, 2.45) is 5.73 Å². The number of nitrogens with two attached hydrogens (primary N) is 1. The number of hydrogen-bond donors (Lipinski definition) is 2. The van der Waals surface area contributed by atoms with Crippen molar-refractivity contribution in [1.82, 2.24) is 0 Å². The van der Waals surface area contributed by atoms with Crippen molar-refractivity contribution < 1.29 is 17.8 Å². The number of fused-ring (bicyclic) bond motifs is 1. The van der Waals surface area contributed by atoms with Crippen LogP contribution < -0.4 is 5.73 Å². The lowest BCUT2D eigenvalue weighted by Crippen LogP contribution is -1.98. The Bertz CT molecular complexity index is 617. The summed E-state index contributed by atoms with van der Waals surface area (Å²) in [6.07, 6.45) is 0.250. The van der Waals surface area contributed by atoms with E-state index in [9.17, 15) is 8.42 Å². The van der Waals surface area contributed by atoms with E-state index in [1.54, 1.807) is 30.3 Å². The van der Waals surface area contributed by atoms with Gasteiger partial charge in [0.2, 0.25) is 6.41 Å². The highest BCUT2D eigenvalue weighted by atomic mass is 32.2. The predicted octanol–water partition coefficient (Wildman–Crippen LogP) is 1.19. The van der Waals surface area contributed by atoms with Gasteiger partial charge in [0.25, 0.3) is 10.1 Å². The van der Waals surface area contributed by atoms with Crippen LogP contribution in [0, 0.1) is 0 Å². The molecule has 90 valence electrons. The largest absolute Gasteiger partial charge is 0.372 e. The SMILES string of the molecule is NC=O.O=S(=O)(O)c1cccc2ccccc12. The first-order valence-electron chi connectivity index (χ1n) is 4.61. The Labute approximate surface area is 98.6 Å². The summed E-state index contributed by atoms with van der Waals surface area (Å²) < 4.78 is 31.0. The average molecular weight is 253 g/mol. The molecule has 0 unspecified atom stereocenters. The molecule has 0 atom stereocenters. The van der Waals surface area contributed by atoms with Gasteiger partial charge in [0.1, 0.15) is 4.90 Å². The summed E-state index contributed by atoms with van der Waals surface area (Å²) in [6, 6.07) is 11.8. The van der Waals surface area contributed by atoms with Crippen molar-refractivity contribution in [3.8, 4) is 0 Å². The van der Waals surface area contributed by atoms with Gasteiger partial charge < -0.3 is 5.73 Å². The van der Waals surface area contributed by atoms with Gasteiger partial charge in [-0.3, -0.25) is 9.35 Å². The van der Waals surface area contributed by atoms with E-state index in [0.717, 1.165) is 5.39 Å². The maximum absolute atomic E-state index is 11.0. The number of primary amides is 1. The second-order valence-electron chi connectivity index (χ2n) is 3.09. The van der Waals surface area contributed by atoms with Crippen LogP contribution in [0.15, 0.2) is 47.4 Å². The minimum atomic E-state index is -4.13. The van der Waals surface area contributed by atoms with E-state index >= 15 is 0 Å². The molecule has 2 aromatic carbocycles. The Morgan fingerprint density at radius 1 is 1.06 bits per heavy atom. The van der Waals surface area contributed by atoms with Crippen LogP contribution >= 0.6 is 0 Å². The molecule has 2 aromatic rings. The molecule has 0 aliphatic carbocycles. The summed E-state index contributed by atoms with van der Waals surface area (Å²) in [5.41, 5.74) is 4.17. The maximum Gasteiger partial charge on any atom is 0.295 e. The number of hydrogen-bond acceptors (Lipinski definition) is 3. The monoisotopic (exact) mass is 253 g/mol. The van der Waals surface area contributed by atoms with E-state index in [0.29, 0.717) is 5.39 Å². The van der Waals surface area contributed by atoms with Crippen LogP contribution in [-0.2, 0) is 14.9 Å². The lowest BCUT2D eigenvalue weighted by molar-refractivity contribution is -0.106. The molecule has 0 saturated carbocycles. The molecule has 0 heterocycles. The molecule has 0 aromatic heterocycles. The average Bonchev–Trinajstić information content (AvgIpc) is 2.28. The minimum Gasteiger partial charge on any atom is -0.372 e. The van der Waals surface area contributed by atoms with Gasteiger partial charge in [-0.25, -0.2) is 0 Å². The molecule has 5 nitrogen and oxygen atoms in total. The van der Waals surface area contributed by atoms with Crippen LogP contribution in [-0.4, -0.2) is 19.4 Å². The molecule has 0 saturated heterocycles. The molecule has 3 N–H and O–H groups in total. The van der Waals surface area contributed by atoms with Gasteiger partial charge in [0.15, 0.2) is 0 Å². The first-order valence-corrected chi connectivity index (χ1v) is 6.05. The molecule has 0 aliphatic heterocycles. The topological polar surface area (TPSA) is 97.5 Å². The highest BCUT2D eigenvalue weighted by molar-refractivity contribution is 7.86. The molecular formula is C11H11NO4S. The quantitative estimate of drug-likeness (QED) is 0.589. The summed E-state index contributed by atoms with van der Waals surface area (Å²) in [4.78, 5) is 8.54. The standard InChI is InChI=1S/C10H8O3S.CH3NO/c11-14(12,13)10-7-3-5-8-4-1-2-6-9(8)10;2-1-3/h1-7H,(H,11,12,13);1H,(H2,2,3). The number of rotatable bonds is 1. The van der Waals surface area contributed by atoms with Crippen LogP contribution in [0.3, 0.4) is 0 Å². The second-order valence-corrected chi connectivity index (χ2v) is 4.48. The van der Waals surface area contributed by atoms with Crippen molar-refractivity contribution >= 4 is 27.3 Å². The highest BCUT2D eigenvalue weighted by Crippen LogP contribution is 2.21. The fourth-order valence-electron chi connectivity index (χ4n) is 1.42. The molecule has 0 bridgehead atoms. The normalized spacial score (nSPS) is 10.4. The van der Waals surface area contributed by atoms with Crippen LogP contribution in [0.1, 0.15) is 0 Å². The predicted molar refractivity (Wildman–Crippen MR) is 64.0 cm³/mol. The zero-order valence-electron chi connectivity index (χ0n) is 8.78. The zero-order chi connectivity index (χ0) is 12.9. The highest BCUT2D eigenvalue weighted by Gasteiger charge is 2.12.